The quantitative estimate of drug-likeness (QED) is 0.207. The van der Waals surface area contributed by atoms with Crippen LogP contribution in [0.25, 0.3) is 22.6 Å². The van der Waals surface area contributed by atoms with E-state index in [0.29, 0.717) is 0 Å². The van der Waals surface area contributed by atoms with Gasteiger partial charge in [0.05, 0.1) is 5.52 Å². The van der Waals surface area contributed by atoms with Gasteiger partial charge in [-0.15, -0.1) is 0 Å². The highest BCUT2D eigenvalue weighted by Crippen LogP contribution is 2.39. The fourth-order valence-electron chi connectivity index (χ4n) is 5.04. The van der Waals surface area contributed by atoms with Crippen LogP contribution < -0.4 is 5.32 Å². The van der Waals surface area contributed by atoms with E-state index in [4.69, 9.17) is 4.99 Å². The normalized spacial score (nSPS) is 14.4. The molecule has 0 atom stereocenters. The van der Waals surface area contributed by atoms with Gasteiger partial charge in [-0.3, -0.25) is 4.57 Å². The van der Waals surface area contributed by atoms with Gasteiger partial charge < -0.3 is 5.32 Å². The molecular weight excluding hydrogens is 440 g/mol. The Kier molecular flexibility index (Phi) is 6.08. The van der Waals surface area contributed by atoms with E-state index < -0.39 is 6.43 Å². The lowest BCUT2D eigenvalue weighted by Crippen LogP contribution is -2.09. The molecule has 0 saturated carbocycles. The van der Waals surface area contributed by atoms with Crippen LogP contribution in [0.1, 0.15) is 52.3 Å². The molecule has 1 N–H and O–H groups in total. The molecule has 5 rings (SSSR count). The topological polar surface area (TPSA) is 29.3 Å². The predicted octanol–water partition coefficient (Wildman–Crippen LogP) is 7.83. The van der Waals surface area contributed by atoms with Crippen molar-refractivity contribution in [3.8, 4) is 0 Å². The molecule has 3 aromatic carbocycles. The summed E-state index contributed by atoms with van der Waals surface area (Å²) in [6.07, 6.45) is 5.90. The minimum Gasteiger partial charge on any atom is -0.374 e. The van der Waals surface area contributed by atoms with E-state index in [1.807, 2.05) is 55.1 Å². The van der Waals surface area contributed by atoms with Gasteiger partial charge >= 0.3 is 0 Å². The van der Waals surface area contributed by atoms with Crippen molar-refractivity contribution in [1.29, 1.82) is 0 Å². The number of para-hydroxylation sites is 1. The summed E-state index contributed by atoms with van der Waals surface area (Å²) < 4.78 is 29.1. The van der Waals surface area contributed by atoms with Crippen LogP contribution in [0.15, 0.2) is 77.9 Å². The molecule has 1 aliphatic rings. The summed E-state index contributed by atoms with van der Waals surface area (Å²) in [5.41, 5.74) is 8.24. The fourth-order valence-corrected chi connectivity index (χ4v) is 5.04. The fraction of sp³-hybridized carbons (Fsp3) is 0.167. The number of nitrogens with one attached hydrogen (secondary N) is 1. The Bertz CT molecular complexity index is 1510. The molecule has 0 radical (unpaired) electrons. The first kappa shape index (κ1) is 22.8. The number of benzene rings is 3. The van der Waals surface area contributed by atoms with Crippen molar-refractivity contribution in [3.63, 3.8) is 0 Å². The van der Waals surface area contributed by atoms with E-state index >= 15 is 0 Å². The molecule has 0 aliphatic heterocycles. The third-order valence-corrected chi connectivity index (χ3v) is 6.59. The standard InChI is InChI=1S/C30H27F2N3/c1-4-8-24-23-11-5-6-12-27(23)35(30(24)33-3)18-34-17-26-25-16-22(29(31)32)14-13-20(25)15-21-10-7-9-19(2)28(21)26/h4-14,16-18,29,33H,15H2,1-3H3/b8-4-,26-17-,34-18+. The number of halogens is 2. The van der Waals surface area contributed by atoms with Crippen molar-refractivity contribution in [3.05, 3.63) is 112 Å². The van der Waals surface area contributed by atoms with Crippen molar-refractivity contribution in [2.45, 2.75) is 26.7 Å². The molecule has 4 aromatic rings. The maximum absolute atomic E-state index is 13.5. The van der Waals surface area contributed by atoms with E-state index in [1.54, 1.807) is 12.4 Å². The largest absolute Gasteiger partial charge is 0.374 e. The zero-order chi connectivity index (χ0) is 24.5. The highest BCUT2D eigenvalue weighted by atomic mass is 19.3. The van der Waals surface area contributed by atoms with E-state index in [0.717, 1.165) is 56.5 Å². The molecule has 0 fully saturated rings. The third-order valence-electron chi connectivity index (χ3n) is 6.59. The van der Waals surface area contributed by atoms with E-state index in [9.17, 15) is 8.78 Å². The summed E-state index contributed by atoms with van der Waals surface area (Å²) in [6, 6.07) is 19.4. The zero-order valence-electron chi connectivity index (χ0n) is 20.0. The number of hydrogen-bond acceptors (Lipinski definition) is 2. The Morgan fingerprint density at radius 3 is 2.63 bits per heavy atom. The summed E-state index contributed by atoms with van der Waals surface area (Å²) in [6.45, 7) is 4.05. The van der Waals surface area contributed by atoms with Crippen LogP contribution in [0.3, 0.4) is 0 Å². The number of alkyl halides is 2. The summed E-state index contributed by atoms with van der Waals surface area (Å²) >= 11 is 0. The van der Waals surface area contributed by atoms with Crippen molar-refractivity contribution in [2.75, 3.05) is 12.4 Å². The molecule has 0 saturated heterocycles. The van der Waals surface area contributed by atoms with E-state index in [-0.39, 0.29) is 5.56 Å². The number of fused-ring (bicyclic) bond motifs is 3. The van der Waals surface area contributed by atoms with Crippen LogP contribution in [-0.2, 0) is 6.42 Å². The van der Waals surface area contributed by atoms with Gasteiger partial charge in [0.1, 0.15) is 12.2 Å². The smallest absolute Gasteiger partial charge is 0.263 e. The first-order chi connectivity index (χ1) is 17.0. The van der Waals surface area contributed by atoms with Crippen molar-refractivity contribution in [1.82, 2.24) is 4.57 Å². The molecule has 0 unspecified atom stereocenters. The number of rotatable bonds is 5. The summed E-state index contributed by atoms with van der Waals surface area (Å²) in [5, 5.41) is 4.43. The maximum atomic E-state index is 13.5. The van der Waals surface area contributed by atoms with Gasteiger partial charge in [-0.2, -0.15) is 0 Å². The van der Waals surface area contributed by atoms with Gasteiger partial charge in [0.2, 0.25) is 0 Å². The first-order valence-corrected chi connectivity index (χ1v) is 11.7. The van der Waals surface area contributed by atoms with Crippen LogP contribution in [-0.4, -0.2) is 18.0 Å². The van der Waals surface area contributed by atoms with Crippen molar-refractivity contribution in [2.24, 2.45) is 4.99 Å². The van der Waals surface area contributed by atoms with Crippen molar-refractivity contribution < 1.29 is 8.78 Å². The lowest BCUT2D eigenvalue weighted by Gasteiger charge is -2.24. The van der Waals surface area contributed by atoms with Gasteiger partial charge in [0.25, 0.3) is 6.43 Å². The molecule has 0 spiro atoms. The molecule has 3 nitrogen and oxygen atoms in total. The van der Waals surface area contributed by atoms with Crippen LogP contribution >= 0.6 is 0 Å². The first-order valence-electron chi connectivity index (χ1n) is 11.7. The SMILES string of the molecule is C/C=C\c1c(NC)n(/C=N/C=C2/c3cc(C(F)F)ccc3Cc3cccc(C)c32)c2ccccc12. The van der Waals surface area contributed by atoms with Gasteiger partial charge in [-0.1, -0.05) is 60.7 Å². The second-order valence-corrected chi connectivity index (χ2v) is 8.71. The Balaban J connectivity index is 1.68. The number of aryl methyl sites for hydroxylation is 1. The van der Waals surface area contributed by atoms with Crippen LogP contribution in [0.4, 0.5) is 14.6 Å². The minimum absolute atomic E-state index is 0.0283. The zero-order valence-corrected chi connectivity index (χ0v) is 20.0. The van der Waals surface area contributed by atoms with Crippen LogP contribution in [0, 0.1) is 6.92 Å². The number of allylic oxidation sites excluding steroid dienone is 1. The predicted molar refractivity (Wildman–Crippen MR) is 143 cm³/mol. The van der Waals surface area contributed by atoms with E-state index in [1.165, 1.54) is 11.6 Å². The van der Waals surface area contributed by atoms with Crippen LogP contribution in [0.2, 0.25) is 0 Å². The Morgan fingerprint density at radius 1 is 1.03 bits per heavy atom. The molecule has 176 valence electrons. The Hall–Kier alpha value is -3.99. The minimum atomic E-state index is -2.52. The maximum Gasteiger partial charge on any atom is 0.263 e. The second kappa shape index (κ2) is 9.34. The summed E-state index contributed by atoms with van der Waals surface area (Å²) in [7, 11) is 1.90. The monoisotopic (exact) mass is 467 g/mol. The second-order valence-electron chi connectivity index (χ2n) is 8.71. The molecule has 1 aliphatic carbocycles. The number of aliphatic imine (C=N–C) groups is 1. The van der Waals surface area contributed by atoms with Crippen molar-refractivity contribution >= 4 is 34.7 Å². The van der Waals surface area contributed by atoms with Gasteiger partial charge in [-0.25, -0.2) is 13.8 Å². The average molecular weight is 468 g/mol. The molecule has 0 bridgehead atoms. The number of hydrogen-bond donors (Lipinski definition) is 1. The van der Waals surface area contributed by atoms with E-state index in [2.05, 4.69) is 42.6 Å². The van der Waals surface area contributed by atoms with Gasteiger partial charge in [0, 0.05) is 35.3 Å². The van der Waals surface area contributed by atoms with Gasteiger partial charge in [-0.05, 0) is 60.2 Å². The molecule has 5 heteroatoms. The molecule has 1 heterocycles. The lowest BCUT2D eigenvalue weighted by atomic mass is 9.80. The number of nitrogens with zero attached hydrogens (tertiary/aromatic N) is 2. The molecule has 1 aromatic heterocycles. The highest BCUT2D eigenvalue weighted by molar-refractivity contribution is 6.00. The Morgan fingerprint density at radius 2 is 1.86 bits per heavy atom. The number of anilines is 1. The third kappa shape index (κ3) is 3.97. The molecular formula is C30H27F2N3. The summed E-state index contributed by atoms with van der Waals surface area (Å²) in [5.74, 6) is 0.937. The average Bonchev–Trinajstić information content (AvgIpc) is 3.16. The molecule has 0 amide bonds. The van der Waals surface area contributed by atoms with Gasteiger partial charge in [0.15, 0.2) is 0 Å². The number of aromatic nitrogens is 1. The van der Waals surface area contributed by atoms with Crippen LogP contribution in [0.5, 0.6) is 0 Å². The molecule has 35 heavy (non-hydrogen) atoms. The highest BCUT2D eigenvalue weighted by Gasteiger charge is 2.23. The Labute approximate surface area is 204 Å². The summed E-state index contributed by atoms with van der Waals surface area (Å²) in [4.78, 5) is 4.74. The lowest BCUT2D eigenvalue weighted by molar-refractivity contribution is 0.151.